The van der Waals surface area contributed by atoms with E-state index < -0.39 is 0 Å². The minimum Gasteiger partial charge on any atom is -0.483 e. The van der Waals surface area contributed by atoms with Crippen molar-refractivity contribution in [1.82, 2.24) is 0 Å². The zero-order valence-corrected chi connectivity index (χ0v) is 2.66. The third-order valence-electron chi connectivity index (χ3n) is 0. The molecule has 0 unspecified atom stereocenters. The van der Waals surface area contributed by atoms with Crippen molar-refractivity contribution in [2.75, 3.05) is 0 Å². The summed E-state index contributed by atoms with van der Waals surface area (Å²) in [5.74, 6) is 0. The molecule has 0 bridgehead atoms. The van der Waals surface area contributed by atoms with Crippen LogP contribution in [-0.4, -0.2) is 28.9 Å². The van der Waals surface area contributed by atoms with Gasteiger partial charge in [-0.15, -0.1) is 12.4 Å². The second kappa shape index (κ2) is 27.9. The van der Waals surface area contributed by atoms with Crippen molar-refractivity contribution in [3.8, 4) is 0 Å². The predicted octanol–water partition coefficient (Wildman–Crippen LogP) is -1.06. The van der Waals surface area contributed by atoms with E-state index >= 15 is 0 Å². The molecule has 5 heavy (non-hydrogen) atoms. The van der Waals surface area contributed by atoms with Crippen molar-refractivity contribution < 1.29 is 9.90 Å². The number of rotatable bonds is 0. The lowest BCUT2D eigenvalue weighted by Crippen LogP contribution is -1.49. The van der Waals surface area contributed by atoms with Gasteiger partial charge in [0.2, 0.25) is 0 Å². The monoisotopic (exact) mass is 112 g/mol. The zero-order valence-electron chi connectivity index (χ0n) is 1.84. The largest absolute Gasteiger partial charge is 0.483 e. The number of halogens is 1. The molecule has 0 aliphatic rings. The average molecular weight is 112 g/mol. The number of hydrogen-bond donors (Lipinski definition) is 1. The Morgan fingerprint density at radius 1 is 1.60 bits per heavy atom. The van der Waals surface area contributed by atoms with E-state index in [1.54, 1.807) is 0 Å². The summed E-state index contributed by atoms with van der Waals surface area (Å²) in [7, 11) is 0. The molecule has 4 heteroatoms. The topological polar surface area (TPSA) is 37.3 Å². The van der Waals surface area contributed by atoms with Crippen molar-refractivity contribution in [2.24, 2.45) is 0 Å². The molecule has 0 saturated heterocycles. The Hall–Kier alpha value is 0.292. The molecule has 0 spiro atoms. The van der Waals surface area contributed by atoms with Crippen molar-refractivity contribution >= 4 is 36.2 Å². The van der Waals surface area contributed by atoms with Gasteiger partial charge in [0.1, 0.15) is 0 Å². The first-order valence-corrected chi connectivity index (χ1v) is 0.494. The van der Waals surface area contributed by atoms with Crippen LogP contribution in [0.3, 0.4) is 0 Å². The summed E-state index contributed by atoms with van der Waals surface area (Å²) in [5.41, 5.74) is 0. The molecule has 0 amide bonds. The van der Waals surface area contributed by atoms with E-state index in [-0.39, 0.29) is 36.2 Å². The highest BCUT2D eigenvalue weighted by atomic mass is 35.5. The van der Waals surface area contributed by atoms with E-state index in [0.29, 0.717) is 0 Å². The van der Waals surface area contributed by atoms with Crippen LogP contribution in [0.5, 0.6) is 0 Å². The minimum absolute atomic E-state index is 0. The van der Waals surface area contributed by atoms with Crippen molar-refractivity contribution in [3.05, 3.63) is 0 Å². The molecule has 0 saturated carbocycles. The number of hydrogen-bond acceptors (Lipinski definition) is 1. The normalized spacial score (nSPS) is 2.40. The van der Waals surface area contributed by atoms with E-state index in [2.05, 4.69) is 0 Å². The predicted molar refractivity (Wildman–Crippen MR) is 25.9 cm³/mol. The number of carboxylic acid groups (broad SMARTS) is 1. The van der Waals surface area contributed by atoms with Gasteiger partial charge in [-0.2, -0.15) is 0 Å². The van der Waals surface area contributed by atoms with Gasteiger partial charge in [0.25, 0.3) is 6.47 Å². The van der Waals surface area contributed by atoms with E-state index in [4.69, 9.17) is 9.90 Å². The molecule has 2 nitrogen and oxygen atoms in total. The molecule has 0 rings (SSSR count). The quantitative estimate of drug-likeness (QED) is 0.320. The van der Waals surface area contributed by atoms with Crippen LogP contribution in [0.2, 0.25) is 0 Å². The Kier molecular flexibility index (Phi) is 103. The lowest BCUT2D eigenvalue weighted by molar-refractivity contribution is -0.122. The lowest BCUT2D eigenvalue weighted by atomic mass is 11.7. The Morgan fingerprint density at radius 2 is 1.60 bits per heavy atom. The first-order valence-electron chi connectivity index (χ1n) is 0.494. The molecule has 0 aliphatic carbocycles. The average Bonchev–Trinajstić information content (AvgIpc) is 0.918. The van der Waals surface area contributed by atoms with Crippen LogP contribution in [0, 0.1) is 0 Å². The van der Waals surface area contributed by atoms with Crippen LogP contribution in [-0.2, 0) is 4.79 Å². The third kappa shape index (κ3) is 264. The molecule has 0 aliphatic heterocycles. The highest BCUT2D eigenvalue weighted by molar-refractivity contribution is 5.85. The van der Waals surface area contributed by atoms with Gasteiger partial charge in [-0.05, 0) is 0 Å². The maximum Gasteiger partial charge on any atom is 0.290 e. The minimum atomic E-state index is -0.250. The maximum absolute atomic E-state index is 8.36. The smallest absolute Gasteiger partial charge is 0.290 e. The Bertz CT molecular complexity index is 17.1. The van der Waals surface area contributed by atoms with Gasteiger partial charge >= 0.3 is 0 Å². The third-order valence-corrected chi connectivity index (χ3v) is 0. The molecule has 32 valence electrons. The SMILES string of the molecule is Cl.O=CO.[AlH3]. The van der Waals surface area contributed by atoms with Gasteiger partial charge in [0, 0.05) is 0 Å². The Labute approximate surface area is 46.7 Å². The second-order valence-corrected chi connectivity index (χ2v) is 0.105. The van der Waals surface area contributed by atoms with Gasteiger partial charge in [-0.1, -0.05) is 0 Å². The van der Waals surface area contributed by atoms with Gasteiger partial charge in [-0.3, -0.25) is 4.79 Å². The molecule has 0 fully saturated rings. The van der Waals surface area contributed by atoms with Gasteiger partial charge in [0.15, 0.2) is 17.4 Å². The van der Waals surface area contributed by atoms with Gasteiger partial charge in [0.05, 0.1) is 0 Å². The zero-order chi connectivity index (χ0) is 2.71. The highest BCUT2D eigenvalue weighted by Crippen LogP contribution is 0.966. The Balaban J connectivity index is -0.0000000200. The van der Waals surface area contributed by atoms with Crippen molar-refractivity contribution in [2.45, 2.75) is 0 Å². The first-order chi connectivity index (χ1) is 1.41. The van der Waals surface area contributed by atoms with Crippen molar-refractivity contribution in [3.63, 3.8) is 0 Å². The molecular weight excluding hydrogens is 106 g/mol. The standard InChI is InChI=1S/CH2O2.Al.ClH.3H/c2-1-3;;;;;/h1H,(H,2,3);;1H;;;. The molecule has 0 radical (unpaired) electrons. The van der Waals surface area contributed by atoms with Crippen LogP contribution in [0.15, 0.2) is 0 Å². The molecule has 1 N–H and O–H groups in total. The van der Waals surface area contributed by atoms with Crippen LogP contribution in [0.1, 0.15) is 0 Å². The molecule has 0 aromatic carbocycles. The summed E-state index contributed by atoms with van der Waals surface area (Å²) in [6.45, 7) is -0.250. The summed E-state index contributed by atoms with van der Waals surface area (Å²) < 4.78 is 0. The molecule has 0 atom stereocenters. The molecule has 0 aromatic rings. The van der Waals surface area contributed by atoms with E-state index in [9.17, 15) is 0 Å². The Morgan fingerprint density at radius 3 is 1.60 bits per heavy atom. The van der Waals surface area contributed by atoms with Gasteiger partial charge < -0.3 is 5.11 Å². The van der Waals surface area contributed by atoms with E-state index in [1.165, 1.54) is 0 Å². The van der Waals surface area contributed by atoms with Crippen LogP contribution in [0.4, 0.5) is 0 Å². The fraction of sp³-hybridized carbons (Fsp3) is 0. The summed E-state index contributed by atoms with van der Waals surface area (Å²) in [6.07, 6.45) is 0. The van der Waals surface area contributed by atoms with Crippen molar-refractivity contribution in [1.29, 1.82) is 0 Å². The molecular formula is CH6AlClO2. The van der Waals surface area contributed by atoms with Crippen LogP contribution >= 0.6 is 12.4 Å². The molecule has 0 heterocycles. The summed E-state index contributed by atoms with van der Waals surface area (Å²) >= 11 is 0. The van der Waals surface area contributed by atoms with Crippen LogP contribution in [0.25, 0.3) is 0 Å². The number of carbonyl (C=O) groups is 1. The summed E-state index contributed by atoms with van der Waals surface area (Å²) in [6, 6.07) is 0. The molecule has 0 aromatic heterocycles. The van der Waals surface area contributed by atoms with E-state index in [1.807, 2.05) is 0 Å². The van der Waals surface area contributed by atoms with Gasteiger partial charge in [-0.25, -0.2) is 0 Å². The fourth-order valence-corrected chi connectivity index (χ4v) is 0. The highest BCUT2D eigenvalue weighted by Gasteiger charge is 1.22. The summed E-state index contributed by atoms with van der Waals surface area (Å²) in [4.78, 5) is 8.36. The summed E-state index contributed by atoms with van der Waals surface area (Å²) in [5, 5.41) is 6.89. The van der Waals surface area contributed by atoms with E-state index in [0.717, 1.165) is 0 Å². The fourth-order valence-electron chi connectivity index (χ4n) is 0. The first kappa shape index (κ1) is 18.6. The second-order valence-electron chi connectivity index (χ2n) is 0.105. The van der Waals surface area contributed by atoms with Crippen LogP contribution < -0.4 is 0 Å². The maximum atomic E-state index is 8.36. The lowest BCUT2D eigenvalue weighted by Gasteiger charge is -1.34.